The maximum Gasteiger partial charge on any atom is 0.234 e. The normalized spacial score (nSPS) is 13.8. The predicted molar refractivity (Wildman–Crippen MR) is 81.0 cm³/mol. The second-order valence-electron chi connectivity index (χ2n) is 4.54. The highest BCUT2D eigenvalue weighted by molar-refractivity contribution is 8.00. The van der Waals surface area contributed by atoms with Crippen molar-refractivity contribution in [2.75, 3.05) is 16.4 Å². The van der Waals surface area contributed by atoms with Gasteiger partial charge in [0, 0.05) is 23.3 Å². The molecule has 1 aromatic carbocycles. The van der Waals surface area contributed by atoms with Crippen molar-refractivity contribution in [3.8, 4) is 0 Å². The number of aryl methyl sites for hydroxylation is 1. The quantitative estimate of drug-likeness (QED) is 0.908. The number of nitrogens with one attached hydrogen (secondary N) is 2. The maximum atomic E-state index is 11.4. The molecule has 1 amide bonds. The molecule has 0 atom stereocenters. The Morgan fingerprint density at radius 3 is 3.20 bits per heavy atom. The van der Waals surface area contributed by atoms with Gasteiger partial charge in [-0.2, -0.15) is 5.10 Å². The summed E-state index contributed by atoms with van der Waals surface area (Å²) in [5.74, 6) is 0.554. The van der Waals surface area contributed by atoms with E-state index >= 15 is 0 Å². The van der Waals surface area contributed by atoms with Crippen LogP contribution in [-0.2, 0) is 17.9 Å². The van der Waals surface area contributed by atoms with Gasteiger partial charge in [-0.05, 0) is 31.2 Å². The molecule has 0 saturated carbocycles. The van der Waals surface area contributed by atoms with Crippen molar-refractivity contribution in [3.05, 3.63) is 36.2 Å². The minimum Gasteiger partial charge on any atom is -0.379 e. The first-order chi connectivity index (χ1) is 9.76. The van der Waals surface area contributed by atoms with Crippen LogP contribution in [0.3, 0.4) is 0 Å². The minimum absolute atomic E-state index is 0.0590. The Balaban J connectivity index is 1.72. The topological polar surface area (TPSA) is 59.0 Å². The molecule has 6 heteroatoms. The Bertz CT molecular complexity index is 638. The zero-order chi connectivity index (χ0) is 13.9. The molecule has 0 radical (unpaired) electrons. The van der Waals surface area contributed by atoms with Gasteiger partial charge in [0.2, 0.25) is 5.91 Å². The smallest absolute Gasteiger partial charge is 0.234 e. The second kappa shape index (κ2) is 5.58. The number of nitrogens with zero attached hydrogens (tertiary/aromatic N) is 2. The van der Waals surface area contributed by atoms with Crippen molar-refractivity contribution in [3.63, 3.8) is 0 Å². The Morgan fingerprint density at radius 2 is 2.35 bits per heavy atom. The van der Waals surface area contributed by atoms with Crippen LogP contribution >= 0.6 is 11.8 Å². The summed E-state index contributed by atoms with van der Waals surface area (Å²) >= 11 is 1.57. The van der Waals surface area contributed by atoms with Crippen molar-refractivity contribution in [1.29, 1.82) is 0 Å². The molecule has 0 saturated heterocycles. The van der Waals surface area contributed by atoms with Crippen LogP contribution in [0.2, 0.25) is 0 Å². The van der Waals surface area contributed by atoms with Gasteiger partial charge in [-0.25, -0.2) is 0 Å². The molecule has 0 bridgehead atoms. The third kappa shape index (κ3) is 2.65. The molecule has 3 rings (SSSR count). The molecular formula is C14H16N4OS. The van der Waals surface area contributed by atoms with E-state index in [1.54, 1.807) is 11.8 Å². The van der Waals surface area contributed by atoms with Crippen molar-refractivity contribution >= 4 is 29.0 Å². The monoisotopic (exact) mass is 288 g/mol. The number of carbonyl (C=O) groups excluding carboxylic acids is 1. The molecule has 2 N–H and O–H groups in total. The number of rotatable bonds is 4. The van der Waals surface area contributed by atoms with Crippen LogP contribution in [0.4, 0.5) is 11.4 Å². The summed E-state index contributed by atoms with van der Waals surface area (Å²) in [4.78, 5) is 12.5. The highest BCUT2D eigenvalue weighted by Crippen LogP contribution is 2.33. The van der Waals surface area contributed by atoms with Crippen molar-refractivity contribution < 1.29 is 4.79 Å². The first kappa shape index (κ1) is 13.1. The van der Waals surface area contributed by atoms with Crippen LogP contribution in [0.15, 0.2) is 35.4 Å². The van der Waals surface area contributed by atoms with Crippen LogP contribution in [0.5, 0.6) is 0 Å². The fourth-order valence-electron chi connectivity index (χ4n) is 2.18. The van der Waals surface area contributed by atoms with Gasteiger partial charge in [0.15, 0.2) is 0 Å². The van der Waals surface area contributed by atoms with Crippen LogP contribution in [0.25, 0.3) is 0 Å². The van der Waals surface area contributed by atoms with E-state index in [-0.39, 0.29) is 5.91 Å². The molecule has 104 valence electrons. The molecule has 1 aromatic heterocycles. The second-order valence-corrected chi connectivity index (χ2v) is 5.56. The molecule has 2 aromatic rings. The van der Waals surface area contributed by atoms with Crippen LogP contribution in [0, 0.1) is 0 Å². The lowest BCUT2D eigenvalue weighted by Crippen LogP contribution is -2.18. The number of amides is 1. The average Bonchev–Trinajstić information content (AvgIpc) is 2.92. The van der Waals surface area contributed by atoms with E-state index < -0.39 is 0 Å². The lowest BCUT2D eigenvalue weighted by atomic mass is 10.2. The molecular weight excluding hydrogens is 272 g/mol. The van der Waals surface area contributed by atoms with Crippen LogP contribution in [0.1, 0.15) is 12.6 Å². The largest absolute Gasteiger partial charge is 0.379 e. The Hall–Kier alpha value is -1.95. The number of hydrogen-bond acceptors (Lipinski definition) is 4. The number of carbonyl (C=O) groups is 1. The van der Waals surface area contributed by atoms with Gasteiger partial charge in [-0.1, -0.05) is 0 Å². The molecule has 0 unspecified atom stereocenters. The zero-order valence-corrected chi connectivity index (χ0v) is 12.0. The number of anilines is 2. The number of thioether (sulfide) groups is 1. The molecule has 1 aliphatic heterocycles. The van der Waals surface area contributed by atoms with E-state index in [1.165, 1.54) is 0 Å². The fourth-order valence-corrected chi connectivity index (χ4v) is 2.97. The molecule has 0 fully saturated rings. The number of fused-ring (bicyclic) bond motifs is 1. The number of aromatic nitrogens is 2. The van der Waals surface area contributed by atoms with Gasteiger partial charge >= 0.3 is 0 Å². The summed E-state index contributed by atoms with van der Waals surface area (Å²) in [6, 6.07) is 8.06. The fraction of sp³-hybridized carbons (Fsp3) is 0.286. The molecule has 20 heavy (non-hydrogen) atoms. The molecule has 1 aliphatic rings. The number of benzene rings is 1. The number of hydrogen-bond donors (Lipinski definition) is 2. The minimum atomic E-state index is 0.0590. The van der Waals surface area contributed by atoms with Gasteiger partial charge in [0.05, 0.1) is 23.7 Å². The van der Waals surface area contributed by atoms with Crippen molar-refractivity contribution in [2.45, 2.75) is 24.9 Å². The van der Waals surface area contributed by atoms with Gasteiger partial charge in [-0.3, -0.25) is 9.48 Å². The maximum absolute atomic E-state index is 11.4. The molecule has 2 heterocycles. The Kier molecular flexibility index (Phi) is 3.64. The lowest BCUT2D eigenvalue weighted by molar-refractivity contribution is -0.113. The first-order valence-electron chi connectivity index (χ1n) is 6.57. The highest BCUT2D eigenvalue weighted by Gasteiger charge is 2.15. The summed E-state index contributed by atoms with van der Waals surface area (Å²) in [5.41, 5.74) is 3.03. The van der Waals surface area contributed by atoms with Gasteiger partial charge in [0.1, 0.15) is 0 Å². The van der Waals surface area contributed by atoms with Crippen LogP contribution in [-0.4, -0.2) is 21.4 Å². The van der Waals surface area contributed by atoms with E-state index in [4.69, 9.17) is 0 Å². The Labute approximate surface area is 121 Å². The summed E-state index contributed by atoms with van der Waals surface area (Å²) in [6.45, 7) is 3.65. The van der Waals surface area contributed by atoms with Crippen LogP contribution < -0.4 is 10.6 Å². The molecule has 0 spiro atoms. The summed E-state index contributed by atoms with van der Waals surface area (Å²) in [7, 11) is 0. The summed E-state index contributed by atoms with van der Waals surface area (Å²) in [5, 5.41) is 10.5. The van der Waals surface area contributed by atoms with Crippen molar-refractivity contribution in [2.24, 2.45) is 0 Å². The SMILES string of the molecule is CCn1nccc1CNc1ccc2c(c1)NC(=O)CS2. The molecule has 0 aliphatic carbocycles. The van der Waals surface area contributed by atoms with E-state index in [0.29, 0.717) is 12.3 Å². The predicted octanol–water partition coefficient (Wildman–Crippen LogP) is 2.56. The first-order valence-corrected chi connectivity index (χ1v) is 7.56. The third-order valence-electron chi connectivity index (χ3n) is 3.19. The zero-order valence-electron chi connectivity index (χ0n) is 11.2. The third-order valence-corrected chi connectivity index (χ3v) is 4.26. The van der Waals surface area contributed by atoms with Crippen molar-refractivity contribution in [1.82, 2.24) is 9.78 Å². The van der Waals surface area contributed by atoms with E-state index in [9.17, 15) is 4.79 Å². The summed E-state index contributed by atoms with van der Waals surface area (Å²) in [6.07, 6.45) is 1.81. The van der Waals surface area contributed by atoms with Gasteiger partial charge < -0.3 is 10.6 Å². The molecule has 5 nitrogen and oxygen atoms in total. The van der Waals surface area contributed by atoms with E-state index in [1.807, 2.05) is 35.1 Å². The standard InChI is InChI=1S/C14H16N4OS/c1-2-18-11(5-6-16-18)8-15-10-3-4-13-12(7-10)17-14(19)9-20-13/h3-7,15H,2,8-9H2,1H3,(H,17,19). The van der Waals surface area contributed by atoms with Gasteiger partial charge in [-0.15, -0.1) is 11.8 Å². The van der Waals surface area contributed by atoms with E-state index in [0.717, 1.165) is 28.5 Å². The highest BCUT2D eigenvalue weighted by atomic mass is 32.2. The lowest BCUT2D eigenvalue weighted by Gasteiger charge is -2.17. The average molecular weight is 288 g/mol. The summed E-state index contributed by atoms with van der Waals surface area (Å²) < 4.78 is 1.96. The Morgan fingerprint density at radius 1 is 1.45 bits per heavy atom. The van der Waals surface area contributed by atoms with E-state index in [2.05, 4.69) is 22.7 Å². The van der Waals surface area contributed by atoms with Gasteiger partial charge in [0.25, 0.3) is 0 Å².